The molecule has 2 aromatic rings. The molecule has 0 atom stereocenters. The Morgan fingerprint density at radius 1 is 1.11 bits per heavy atom. The van der Waals surface area contributed by atoms with Gasteiger partial charge in [-0.05, 0) is 61.6 Å². The second kappa shape index (κ2) is 12.7. The van der Waals surface area contributed by atoms with Gasteiger partial charge >= 0.3 is 0 Å². The Hall–Kier alpha value is -2.60. The third-order valence-electron chi connectivity index (χ3n) is 4.36. The monoisotopic (exact) mass is 384 g/mol. The summed E-state index contributed by atoms with van der Waals surface area (Å²) in [5.74, 6) is 1.67. The molecule has 1 aromatic heterocycles. The Morgan fingerprint density at radius 3 is 2.61 bits per heavy atom. The molecule has 0 bridgehead atoms. The van der Waals surface area contributed by atoms with E-state index in [2.05, 4.69) is 28.6 Å². The van der Waals surface area contributed by atoms with Crippen molar-refractivity contribution in [1.82, 2.24) is 15.6 Å². The number of rotatable bonds is 11. The van der Waals surface area contributed by atoms with Crippen LogP contribution >= 0.6 is 0 Å². The molecule has 0 unspecified atom stereocenters. The molecule has 0 aliphatic heterocycles. The predicted octanol–water partition coefficient (Wildman–Crippen LogP) is 3.10. The van der Waals surface area contributed by atoms with E-state index in [4.69, 9.17) is 14.5 Å². The van der Waals surface area contributed by atoms with Crippen molar-refractivity contribution < 1.29 is 9.47 Å². The van der Waals surface area contributed by atoms with Gasteiger partial charge in [0.25, 0.3) is 0 Å². The molecule has 1 heterocycles. The van der Waals surface area contributed by atoms with E-state index >= 15 is 0 Å². The first-order valence-electron chi connectivity index (χ1n) is 9.85. The molecule has 0 aliphatic rings. The van der Waals surface area contributed by atoms with Gasteiger partial charge in [-0.3, -0.25) is 4.98 Å². The van der Waals surface area contributed by atoms with Crippen LogP contribution in [0.4, 0.5) is 0 Å². The summed E-state index contributed by atoms with van der Waals surface area (Å²) in [6.45, 7) is 7.85. The van der Waals surface area contributed by atoms with Crippen LogP contribution in [0, 0.1) is 6.92 Å². The van der Waals surface area contributed by atoms with E-state index in [1.807, 2.05) is 43.6 Å². The highest BCUT2D eigenvalue weighted by Gasteiger charge is 2.02. The summed E-state index contributed by atoms with van der Waals surface area (Å²) in [6.07, 6.45) is 5.62. The number of hydrogen-bond acceptors (Lipinski definition) is 4. The lowest BCUT2D eigenvalue weighted by Crippen LogP contribution is -2.39. The fourth-order valence-electron chi connectivity index (χ4n) is 2.70. The fourth-order valence-corrected chi connectivity index (χ4v) is 2.70. The van der Waals surface area contributed by atoms with Gasteiger partial charge < -0.3 is 20.1 Å². The zero-order valence-corrected chi connectivity index (χ0v) is 17.2. The molecular weight excluding hydrogens is 352 g/mol. The van der Waals surface area contributed by atoms with E-state index in [0.29, 0.717) is 6.54 Å². The lowest BCUT2D eigenvalue weighted by molar-refractivity contribution is 0.145. The van der Waals surface area contributed by atoms with Crippen LogP contribution in [0.1, 0.15) is 30.0 Å². The predicted molar refractivity (Wildman–Crippen MR) is 114 cm³/mol. The number of nitrogens with one attached hydrogen (secondary N) is 2. The number of benzene rings is 1. The molecule has 6 nitrogen and oxygen atoms in total. The maximum Gasteiger partial charge on any atom is 0.191 e. The summed E-state index contributed by atoms with van der Waals surface area (Å²) in [7, 11) is 1.67. The highest BCUT2D eigenvalue weighted by Crippen LogP contribution is 2.11. The molecule has 2 rings (SSSR count). The summed E-state index contributed by atoms with van der Waals surface area (Å²) in [6, 6.07) is 10.1. The van der Waals surface area contributed by atoms with Crippen molar-refractivity contribution in [2.75, 3.05) is 33.4 Å². The molecule has 0 saturated carbocycles. The Kier molecular flexibility index (Phi) is 9.86. The first-order chi connectivity index (χ1) is 13.7. The maximum atomic E-state index is 5.40. The van der Waals surface area contributed by atoms with Crippen molar-refractivity contribution in [3.8, 4) is 5.75 Å². The first-order valence-corrected chi connectivity index (χ1v) is 9.85. The van der Waals surface area contributed by atoms with Gasteiger partial charge in [0, 0.05) is 38.7 Å². The third kappa shape index (κ3) is 7.96. The molecule has 28 heavy (non-hydrogen) atoms. The van der Waals surface area contributed by atoms with E-state index < -0.39 is 0 Å². The molecule has 0 radical (unpaired) electrons. The van der Waals surface area contributed by atoms with Crippen LogP contribution < -0.4 is 15.4 Å². The average molecular weight is 385 g/mol. The average Bonchev–Trinajstić information content (AvgIpc) is 2.73. The smallest absolute Gasteiger partial charge is 0.191 e. The molecule has 0 aliphatic carbocycles. The van der Waals surface area contributed by atoms with Gasteiger partial charge in [0.05, 0.1) is 13.7 Å². The Morgan fingerprint density at radius 2 is 1.89 bits per heavy atom. The van der Waals surface area contributed by atoms with E-state index in [-0.39, 0.29) is 0 Å². The van der Waals surface area contributed by atoms with Crippen LogP contribution in [0.5, 0.6) is 5.75 Å². The molecule has 0 spiro atoms. The van der Waals surface area contributed by atoms with E-state index in [0.717, 1.165) is 56.4 Å². The number of guanidine groups is 1. The number of nitrogens with zero attached hydrogens (tertiary/aromatic N) is 2. The number of ether oxygens (including phenoxy) is 2. The molecule has 0 saturated heterocycles. The van der Waals surface area contributed by atoms with Crippen LogP contribution in [0.15, 0.2) is 47.7 Å². The molecule has 152 valence electrons. The largest absolute Gasteiger partial charge is 0.497 e. The number of aliphatic imine (C=N–C) groups is 1. The second-order valence-electron chi connectivity index (χ2n) is 6.47. The minimum atomic E-state index is 0.610. The fraction of sp³-hybridized carbons (Fsp3) is 0.455. The van der Waals surface area contributed by atoms with Crippen molar-refractivity contribution in [1.29, 1.82) is 0 Å². The Balaban J connectivity index is 1.89. The van der Waals surface area contributed by atoms with Crippen LogP contribution in [0.2, 0.25) is 0 Å². The maximum absolute atomic E-state index is 5.40. The Labute approximate surface area is 168 Å². The highest BCUT2D eigenvalue weighted by molar-refractivity contribution is 5.79. The zero-order chi connectivity index (χ0) is 20.0. The van der Waals surface area contributed by atoms with Crippen LogP contribution in [0.25, 0.3) is 0 Å². The molecule has 2 N–H and O–H groups in total. The molecule has 1 aromatic carbocycles. The van der Waals surface area contributed by atoms with Crippen LogP contribution in [-0.4, -0.2) is 44.4 Å². The van der Waals surface area contributed by atoms with Crippen molar-refractivity contribution in [3.05, 3.63) is 59.4 Å². The van der Waals surface area contributed by atoms with Gasteiger partial charge in [-0.2, -0.15) is 0 Å². The van der Waals surface area contributed by atoms with Crippen molar-refractivity contribution in [2.24, 2.45) is 4.99 Å². The second-order valence-corrected chi connectivity index (χ2v) is 6.47. The minimum Gasteiger partial charge on any atom is -0.497 e. The van der Waals surface area contributed by atoms with Crippen molar-refractivity contribution in [2.45, 2.75) is 33.2 Å². The molecule has 6 heteroatoms. The number of aromatic nitrogens is 1. The number of aryl methyl sites for hydroxylation is 1. The van der Waals surface area contributed by atoms with E-state index in [1.54, 1.807) is 7.11 Å². The topological polar surface area (TPSA) is 67.8 Å². The van der Waals surface area contributed by atoms with E-state index in [1.165, 1.54) is 11.1 Å². The normalized spacial score (nSPS) is 11.3. The third-order valence-corrected chi connectivity index (χ3v) is 4.36. The number of pyridine rings is 1. The first kappa shape index (κ1) is 21.7. The number of hydrogen-bond donors (Lipinski definition) is 2. The summed E-state index contributed by atoms with van der Waals surface area (Å²) in [5, 5.41) is 6.83. The lowest BCUT2D eigenvalue weighted by atomic mass is 10.1. The number of methoxy groups -OCH3 is 1. The summed E-state index contributed by atoms with van der Waals surface area (Å²) in [4.78, 5) is 8.87. The SMILES string of the molecule is CCOCCCNC(=NCc1ccc(OC)cc1)NCCc1ccncc1C. The van der Waals surface area contributed by atoms with Crippen LogP contribution in [-0.2, 0) is 17.7 Å². The highest BCUT2D eigenvalue weighted by atomic mass is 16.5. The molecule has 0 fully saturated rings. The summed E-state index contributed by atoms with van der Waals surface area (Å²) < 4.78 is 10.6. The minimum absolute atomic E-state index is 0.610. The zero-order valence-electron chi connectivity index (χ0n) is 17.2. The summed E-state index contributed by atoms with van der Waals surface area (Å²) >= 11 is 0. The Bertz CT molecular complexity index is 717. The standard InChI is InChI=1S/C22H32N4O2/c1-4-28-15-5-12-24-22(25-14-11-20-10-13-23-16-18(20)2)26-17-19-6-8-21(27-3)9-7-19/h6-10,13,16H,4-5,11-12,14-15,17H2,1-3H3,(H2,24,25,26). The lowest BCUT2D eigenvalue weighted by Gasteiger charge is -2.13. The molecular formula is C22H32N4O2. The quantitative estimate of drug-likeness (QED) is 0.354. The van der Waals surface area contributed by atoms with Gasteiger partial charge in [0.1, 0.15) is 5.75 Å². The van der Waals surface area contributed by atoms with Gasteiger partial charge in [0.2, 0.25) is 0 Å². The summed E-state index contributed by atoms with van der Waals surface area (Å²) in [5.41, 5.74) is 3.65. The van der Waals surface area contributed by atoms with Gasteiger partial charge in [-0.1, -0.05) is 12.1 Å². The van der Waals surface area contributed by atoms with E-state index in [9.17, 15) is 0 Å². The van der Waals surface area contributed by atoms with Gasteiger partial charge in [0.15, 0.2) is 5.96 Å². The van der Waals surface area contributed by atoms with Crippen molar-refractivity contribution in [3.63, 3.8) is 0 Å². The van der Waals surface area contributed by atoms with Gasteiger partial charge in [-0.15, -0.1) is 0 Å². The van der Waals surface area contributed by atoms with Gasteiger partial charge in [-0.25, -0.2) is 4.99 Å². The molecule has 0 amide bonds. The van der Waals surface area contributed by atoms with Crippen molar-refractivity contribution >= 4 is 5.96 Å². The van der Waals surface area contributed by atoms with Crippen LogP contribution in [0.3, 0.4) is 0 Å².